The van der Waals surface area contributed by atoms with Crippen LogP contribution >= 0.6 is 0 Å². The van der Waals surface area contributed by atoms with Crippen LogP contribution in [0.5, 0.6) is 0 Å². The van der Waals surface area contributed by atoms with Crippen LogP contribution in [0.3, 0.4) is 0 Å². The van der Waals surface area contributed by atoms with Crippen LogP contribution in [0.1, 0.15) is 0 Å². The van der Waals surface area contributed by atoms with Crippen molar-refractivity contribution in [3.63, 3.8) is 0 Å². The molecule has 0 saturated carbocycles. The van der Waals surface area contributed by atoms with Crippen LogP contribution in [0.25, 0.3) is 0 Å². The molecule has 1 fully saturated rings. The summed E-state index contributed by atoms with van der Waals surface area (Å²) in [6.07, 6.45) is -0.839. The molecular weight excluding hydrogens is 98.0 g/mol. The summed E-state index contributed by atoms with van der Waals surface area (Å²) in [4.78, 5) is 0. The zero-order valence-electron chi connectivity index (χ0n) is 3.76. The number of hydrogen-bond acceptors (Lipinski definition) is 4. The average molecular weight is 105 g/mol. The minimum atomic E-state index is -0.839. The fraction of sp³-hybridized carbons (Fsp3) is 1.00. The quantitative estimate of drug-likeness (QED) is 0.407. The smallest absolute Gasteiger partial charge is 0.217 e. The predicted molar refractivity (Wildman–Crippen MR) is 21.0 cm³/mol. The molecule has 0 spiro atoms. The maximum Gasteiger partial charge on any atom is 0.217 e. The number of nitrogens with one attached hydrogen (secondary N) is 1. The van der Waals surface area contributed by atoms with Gasteiger partial charge in [0.05, 0.1) is 0 Å². The van der Waals surface area contributed by atoms with Crippen molar-refractivity contribution < 1.29 is 14.6 Å². The van der Waals surface area contributed by atoms with Crippen LogP contribution in [0.4, 0.5) is 0 Å². The van der Waals surface area contributed by atoms with Gasteiger partial charge in [0.15, 0.2) is 6.79 Å². The highest BCUT2D eigenvalue weighted by atomic mass is 16.7. The first kappa shape index (κ1) is 4.99. The van der Waals surface area contributed by atoms with Crippen molar-refractivity contribution in [1.82, 2.24) is 5.32 Å². The van der Waals surface area contributed by atoms with E-state index in [4.69, 9.17) is 5.11 Å². The molecule has 7 heavy (non-hydrogen) atoms. The Hall–Kier alpha value is -0.160. The number of hydrogen-bond donors (Lipinski definition) is 2. The van der Waals surface area contributed by atoms with E-state index >= 15 is 0 Å². The first-order valence-electron chi connectivity index (χ1n) is 2.00. The Morgan fingerprint density at radius 1 is 1.71 bits per heavy atom. The summed E-state index contributed by atoms with van der Waals surface area (Å²) in [5.74, 6) is 0. The van der Waals surface area contributed by atoms with Gasteiger partial charge in [0, 0.05) is 0 Å². The molecule has 1 rings (SSSR count). The van der Waals surface area contributed by atoms with E-state index in [0.717, 1.165) is 0 Å². The molecule has 0 aliphatic carbocycles. The van der Waals surface area contributed by atoms with E-state index in [1.165, 1.54) is 0 Å². The van der Waals surface area contributed by atoms with E-state index in [1.807, 2.05) is 0 Å². The van der Waals surface area contributed by atoms with Gasteiger partial charge in [0.25, 0.3) is 0 Å². The molecule has 0 aromatic carbocycles. The minimum absolute atomic E-state index is 0.175. The van der Waals surface area contributed by atoms with Gasteiger partial charge in [0.2, 0.25) is 6.41 Å². The molecule has 4 nitrogen and oxygen atoms in total. The maximum atomic E-state index is 8.50. The SMILES string of the molecule is OC1NCOCO1. The predicted octanol–water partition coefficient (Wildman–Crippen LogP) is -1.19. The zero-order valence-corrected chi connectivity index (χ0v) is 3.76. The van der Waals surface area contributed by atoms with Gasteiger partial charge < -0.3 is 14.6 Å². The van der Waals surface area contributed by atoms with Gasteiger partial charge in [-0.2, -0.15) is 0 Å². The van der Waals surface area contributed by atoms with E-state index in [2.05, 4.69) is 14.8 Å². The van der Waals surface area contributed by atoms with Crippen LogP contribution in [0.2, 0.25) is 0 Å². The molecule has 1 aliphatic heterocycles. The lowest BCUT2D eigenvalue weighted by Gasteiger charge is -2.18. The second-order valence-corrected chi connectivity index (χ2v) is 1.19. The highest BCUT2D eigenvalue weighted by Gasteiger charge is 2.05. The molecule has 1 saturated heterocycles. The first-order chi connectivity index (χ1) is 3.39. The Labute approximate surface area is 41.0 Å². The van der Waals surface area contributed by atoms with E-state index < -0.39 is 6.41 Å². The van der Waals surface area contributed by atoms with Crippen LogP contribution in [0.15, 0.2) is 0 Å². The molecule has 1 aliphatic rings. The summed E-state index contributed by atoms with van der Waals surface area (Å²) in [5, 5.41) is 11.0. The summed E-state index contributed by atoms with van der Waals surface area (Å²) < 4.78 is 9.15. The molecule has 4 heteroatoms. The van der Waals surface area contributed by atoms with Crippen LogP contribution in [-0.4, -0.2) is 25.0 Å². The molecule has 1 atom stereocenters. The minimum Gasteiger partial charge on any atom is -0.356 e. The standard InChI is InChI=1S/C3H7NO3/c5-3-4-1-6-2-7-3/h3-5H,1-2H2. The van der Waals surface area contributed by atoms with Crippen molar-refractivity contribution in [3.8, 4) is 0 Å². The van der Waals surface area contributed by atoms with Crippen molar-refractivity contribution in [3.05, 3.63) is 0 Å². The van der Waals surface area contributed by atoms with E-state index in [9.17, 15) is 0 Å². The largest absolute Gasteiger partial charge is 0.356 e. The van der Waals surface area contributed by atoms with Gasteiger partial charge in [-0.1, -0.05) is 0 Å². The van der Waals surface area contributed by atoms with Gasteiger partial charge in [0.1, 0.15) is 6.73 Å². The summed E-state index contributed by atoms with van der Waals surface area (Å²) in [7, 11) is 0. The summed E-state index contributed by atoms with van der Waals surface area (Å²) in [6.45, 7) is 0.537. The van der Waals surface area contributed by atoms with E-state index in [1.54, 1.807) is 0 Å². The Bertz CT molecular complexity index is 52.1. The van der Waals surface area contributed by atoms with Crippen molar-refractivity contribution in [2.45, 2.75) is 6.41 Å². The Balaban J connectivity index is 2.12. The highest BCUT2D eigenvalue weighted by Crippen LogP contribution is 1.87. The van der Waals surface area contributed by atoms with Gasteiger partial charge in [-0.05, 0) is 0 Å². The molecule has 0 aromatic rings. The number of ether oxygens (including phenoxy) is 2. The molecule has 0 bridgehead atoms. The summed E-state index contributed by atoms with van der Waals surface area (Å²) >= 11 is 0. The molecule has 42 valence electrons. The van der Waals surface area contributed by atoms with Crippen LogP contribution in [-0.2, 0) is 9.47 Å². The number of aliphatic hydroxyl groups excluding tert-OH is 1. The fourth-order valence-corrected chi connectivity index (χ4v) is 0.343. The second-order valence-electron chi connectivity index (χ2n) is 1.19. The summed E-state index contributed by atoms with van der Waals surface area (Å²) in [6, 6.07) is 0. The fourth-order valence-electron chi connectivity index (χ4n) is 0.343. The lowest BCUT2D eigenvalue weighted by Crippen LogP contribution is -2.39. The first-order valence-corrected chi connectivity index (χ1v) is 2.00. The van der Waals surface area contributed by atoms with Crippen molar-refractivity contribution in [1.29, 1.82) is 0 Å². The van der Waals surface area contributed by atoms with E-state index in [0.29, 0.717) is 6.73 Å². The molecule has 2 N–H and O–H groups in total. The third kappa shape index (κ3) is 1.40. The second kappa shape index (κ2) is 2.23. The summed E-state index contributed by atoms with van der Waals surface area (Å²) in [5.41, 5.74) is 0. The number of rotatable bonds is 0. The Morgan fingerprint density at radius 2 is 2.57 bits per heavy atom. The Morgan fingerprint density at radius 3 is 2.86 bits per heavy atom. The molecule has 1 unspecified atom stereocenters. The number of aliphatic hydroxyl groups is 1. The van der Waals surface area contributed by atoms with Crippen molar-refractivity contribution in [2.75, 3.05) is 13.5 Å². The van der Waals surface area contributed by atoms with Crippen molar-refractivity contribution in [2.24, 2.45) is 0 Å². The normalized spacial score (nSPS) is 33.0. The highest BCUT2D eigenvalue weighted by molar-refractivity contribution is 4.33. The van der Waals surface area contributed by atoms with Crippen LogP contribution < -0.4 is 5.32 Å². The Kier molecular flexibility index (Phi) is 1.59. The topological polar surface area (TPSA) is 50.7 Å². The monoisotopic (exact) mass is 105 g/mol. The molecule has 0 aromatic heterocycles. The molecule has 1 heterocycles. The lowest BCUT2D eigenvalue weighted by molar-refractivity contribution is -0.233. The average Bonchev–Trinajstić information content (AvgIpc) is 1.69. The molecule has 0 amide bonds. The van der Waals surface area contributed by atoms with Crippen molar-refractivity contribution >= 4 is 0 Å². The third-order valence-electron chi connectivity index (χ3n) is 0.669. The van der Waals surface area contributed by atoms with E-state index in [-0.39, 0.29) is 6.79 Å². The third-order valence-corrected chi connectivity index (χ3v) is 0.669. The van der Waals surface area contributed by atoms with Crippen LogP contribution in [0, 0.1) is 0 Å². The van der Waals surface area contributed by atoms with Gasteiger partial charge in [-0.3, -0.25) is 0 Å². The molecule has 0 radical (unpaired) electrons. The molecular formula is C3H7NO3. The maximum absolute atomic E-state index is 8.50. The zero-order chi connectivity index (χ0) is 5.11. The van der Waals surface area contributed by atoms with Gasteiger partial charge >= 0.3 is 0 Å². The van der Waals surface area contributed by atoms with Gasteiger partial charge in [-0.25, -0.2) is 5.32 Å². The lowest BCUT2D eigenvalue weighted by atomic mass is 10.9. The van der Waals surface area contributed by atoms with Gasteiger partial charge in [-0.15, -0.1) is 0 Å².